The van der Waals surface area contributed by atoms with Gasteiger partial charge in [0.2, 0.25) is 0 Å². The van der Waals surface area contributed by atoms with Crippen molar-refractivity contribution in [2.45, 2.75) is 69.6 Å². The zero-order valence-electron chi connectivity index (χ0n) is 11.5. The van der Waals surface area contributed by atoms with E-state index in [0.717, 1.165) is 5.92 Å². The van der Waals surface area contributed by atoms with Crippen LogP contribution in [0.2, 0.25) is 0 Å². The predicted octanol–water partition coefficient (Wildman–Crippen LogP) is 5.68. The molecule has 1 aromatic rings. The van der Waals surface area contributed by atoms with Crippen molar-refractivity contribution < 1.29 is 0 Å². The van der Waals surface area contributed by atoms with Crippen molar-refractivity contribution in [3.63, 3.8) is 0 Å². The minimum absolute atomic E-state index is 0.397. The van der Waals surface area contributed by atoms with E-state index in [1.807, 2.05) is 0 Å². The number of rotatable bonds is 6. The first-order chi connectivity index (χ1) is 8.81. The number of benzene rings is 1. The molecule has 1 aromatic carbocycles. The van der Waals surface area contributed by atoms with Crippen LogP contribution >= 0.6 is 11.6 Å². The van der Waals surface area contributed by atoms with Crippen LogP contribution in [0.5, 0.6) is 0 Å². The van der Waals surface area contributed by atoms with Gasteiger partial charge in [-0.1, -0.05) is 44.0 Å². The van der Waals surface area contributed by atoms with Gasteiger partial charge in [-0.2, -0.15) is 0 Å². The van der Waals surface area contributed by atoms with Gasteiger partial charge < -0.3 is 0 Å². The van der Waals surface area contributed by atoms with E-state index >= 15 is 0 Å². The van der Waals surface area contributed by atoms with Gasteiger partial charge in [-0.15, -0.1) is 11.6 Å². The highest BCUT2D eigenvalue weighted by molar-refractivity contribution is 6.20. The third kappa shape index (κ3) is 3.75. The highest BCUT2D eigenvalue weighted by atomic mass is 35.5. The SMILES string of the molecule is CCCC(Cl)CCCC1CCCc2ccccc21. The summed E-state index contributed by atoms with van der Waals surface area (Å²) in [5, 5.41) is 0.397. The number of alkyl halides is 1. The molecule has 0 aliphatic heterocycles. The van der Waals surface area contributed by atoms with Crippen LogP contribution in [0, 0.1) is 0 Å². The largest absolute Gasteiger partial charge is 0.123 e. The lowest BCUT2D eigenvalue weighted by atomic mass is 9.80. The summed E-state index contributed by atoms with van der Waals surface area (Å²) < 4.78 is 0. The van der Waals surface area contributed by atoms with E-state index in [4.69, 9.17) is 11.6 Å². The van der Waals surface area contributed by atoms with Crippen molar-refractivity contribution in [1.82, 2.24) is 0 Å². The fraction of sp³-hybridized carbons (Fsp3) is 0.647. The lowest BCUT2D eigenvalue weighted by Gasteiger charge is -2.25. The van der Waals surface area contributed by atoms with Crippen molar-refractivity contribution in [3.05, 3.63) is 35.4 Å². The Hall–Kier alpha value is -0.490. The topological polar surface area (TPSA) is 0 Å². The van der Waals surface area contributed by atoms with Crippen molar-refractivity contribution in [2.24, 2.45) is 0 Å². The third-order valence-corrected chi connectivity index (χ3v) is 4.60. The first-order valence-corrected chi connectivity index (χ1v) is 7.96. The molecule has 2 atom stereocenters. The molecule has 0 radical (unpaired) electrons. The molecule has 2 unspecified atom stereocenters. The van der Waals surface area contributed by atoms with Gasteiger partial charge in [0.25, 0.3) is 0 Å². The molecule has 0 spiro atoms. The Balaban J connectivity index is 1.84. The maximum atomic E-state index is 6.30. The highest BCUT2D eigenvalue weighted by Gasteiger charge is 2.19. The zero-order valence-corrected chi connectivity index (χ0v) is 12.3. The molecule has 0 heterocycles. The van der Waals surface area contributed by atoms with Gasteiger partial charge in [-0.05, 0) is 55.6 Å². The van der Waals surface area contributed by atoms with Crippen molar-refractivity contribution >= 4 is 11.6 Å². The zero-order chi connectivity index (χ0) is 12.8. The van der Waals surface area contributed by atoms with Crippen LogP contribution in [-0.4, -0.2) is 5.38 Å². The number of halogens is 1. The molecule has 0 bridgehead atoms. The summed E-state index contributed by atoms with van der Waals surface area (Å²) in [7, 11) is 0. The van der Waals surface area contributed by atoms with Gasteiger partial charge in [0.15, 0.2) is 0 Å². The average Bonchev–Trinajstić information content (AvgIpc) is 2.39. The van der Waals surface area contributed by atoms with Gasteiger partial charge in [0.05, 0.1) is 0 Å². The lowest BCUT2D eigenvalue weighted by molar-refractivity contribution is 0.487. The van der Waals surface area contributed by atoms with Crippen molar-refractivity contribution in [3.8, 4) is 0 Å². The van der Waals surface area contributed by atoms with Crippen LogP contribution in [0.25, 0.3) is 0 Å². The molecule has 0 nitrogen and oxygen atoms in total. The summed E-state index contributed by atoms with van der Waals surface area (Å²) in [5.74, 6) is 0.792. The molecule has 0 saturated carbocycles. The quantitative estimate of drug-likeness (QED) is 0.580. The number of hydrogen-bond donors (Lipinski definition) is 0. The number of aryl methyl sites for hydroxylation is 1. The number of hydrogen-bond acceptors (Lipinski definition) is 0. The lowest BCUT2D eigenvalue weighted by Crippen LogP contribution is -2.10. The van der Waals surface area contributed by atoms with Gasteiger partial charge >= 0.3 is 0 Å². The maximum absolute atomic E-state index is 6.30. The van der Waals surface area contributed by atoms with Crippen LogP contribution < -0.4 is 0 Å². The van der Waals surface area contributed by atoms with Crippen LogP contribution in [0.3, 0.4) is 0 Å². The summed E-state index contributed by atoms with van der Waals surface area (Å²) in [6.45, 7) is 2.22. The standard InChI is InChI=1S/C17H25Cl/c1-2-7-16(18)12-6-11-15-10-5-9-14-8-3-4-13-17(14)15/h3-4,8,13,15-16H,2,5-7,9-12H2,1H3. The van der Waals surface area contributed by atoms with Crippen LogP contribution in [0.1, 0.15) is 68.9 Å². The summed E-state index contributed by atoms with van der Waals surface area (Å²) in [5.41, 5.74) is 3.20. The Bertz CT molecular complexity index is 358. The molecule has 2 rings (SSSR count). The molecule has 1 heteroatoms. The molecule has 0 N–H and O–H groups in total. The molecule has 100 valence electrons. The molecule has 0 aromatic heterocycles. The minimum atomic E-state index is 0.397. The van der Waals surface area contributed by atoms with Gasteiger partial charge in [-0.25, -0.2) is 0 Å². The summed E-state index contributed by atoms with van der Waals surface area (Å²) in [4.78, 5) is 0. The smallest absolute Gasteiger partial charge is 0.0336 e. The van der Waals surface area contributed by atoms with E-state index < -0.39 is 0 Å². The second kappa shape index (κ2) is 7.19. The van der Waals surface area contributed by atoms with E-state index in [-0.39, 0.29) is 0 Å². The number of fused-ring (bicyclic) bond motifs is 1. The second-order valence-electron chi connectivity index (χ2n) is 5.60. The molecule has 0 saturated heterocycles. The molecular weight excluding hydrogens is 240 g/mol. The first-order valence-electron chi connectivity index (χ1n) is 7.53. The summed E-state index contributed by atoms with van der Waals surface area (Å²) in [6.07, 6.45) is 10.2. The Morgan fingerprint density at radius 1 is 1.28 bits per heavy atom. The summed E-state index contributed by atoms with van der Waals surface area (Å²) in [6, 6.07) is 9.02. The normalized spacial score (nSPS) is 20.4. The maximum Gasteiger partial charge on any atom is 0.0336 e. The monoisotopic (exact) mass is 264 g/mol. The van der Waals surface area contributed by atoms with Gasteiger partial charge in [0.1, 0.15) is 0 Å². The molecule has 1 aliphatic carbocycles. The molecule has 1 aliphatic rings. The van der Waals surface area contributed by atoms with Crippen LogP contribution in [0.15, 0.2) is 24.3 Å². The Labute approximate surface area is 117 Å². The van der Waals surface area contributed by atoms with E-state index in [2.05, 4.69) is 31.2 Å². The fourth-order valence-corrected chi connectivity index (χ4v) is 3.57. The molecule has 18 heavy (non-hydrogen) atoms. The van der Waals surface area contributed by atoms with E-state index in [9.17, 15) is 0 Å². The van der Waals surface area contributed by atoms with Crippen LogP contribution in [0.4, 0.5) is 0 Å². The van der Waals surface area contributed by atoms with E-state index in [1.165, 1.54) is 51.4 Å². The summed E-state index contributed by atoms with van der Waals surface area (Å²) >= 11 is 6.30. The van der Waals surface area contributed by atoms with Gasteiger partial charge in [-0.3, -0.25) is 0 Å². The third-order valence-electron chi connectivity index (χ3n) is 4.17. The molecule has 0 fully saturated rings. The Morgan fingerprint density at radius 2 is 2.11 bits per heavy atom. The van der Waals surface area contributed by atoms with Crippen LogP contribution in [-0.2, 0) is 6.42 Å². The average molecular weight is 265 g/mol. The minimum Gasteiger partial charge on any atom is -0.123 e. The highest BCUT2D eigenvalue weighted by Crippen LogP contribution is 2.35. The van der Waals surface area contributed by atoms with E-state index in [1.54, 1.807) is 11.1 Å². The van der Waals surface area contributed by atoms with E-state index in [0.29, 0.717) is 5.38 Å². The second-order valence-corrected chi connectivity index (χ2v) is 6.22. The Kier molecular flexibility index (Phi) is 5.56. The Morgan fingerprint density at radius 3 is 2.94 bits per heavy atom. The first kappa shape index (κ1) is 13.9. The predicted molar refractivity (Wildman–Crippen MR) is 80.5 cm³/mol. The van der Waals surface area contributed by atoms with Crippen molar-refractivity contribution in [2.75, 3.05) is 0 Å². The molecule has 0 amide bonds. The van der Waals surface area contributed by atoms with Crippen molar-refractivity contribution in [1.29, 1.82) is 0 Å². The molecular formula is C17H25Cl. The fourth-order valence-electron chi connectivity index (χ4n) is 3.20. The van der Waals surface area contributed by atoms with Gasteiger partial charge in [0, 0.05) is 5.38 Å².